The minimum absolute atomic E-state index is 0.231. The van der Waals surface area contributed by atoms with E-state index in [1.165, 1.54) is 47.2 Å². The van der Waals surface area contributed by atoms with E-state index in [1.807, 2.05) is 11.3 Å². The number of alkyl halides is 1. The second-order valence-corrected chi connectivity index (χ2v) is 10.6. The van der Waals surface area contributed by atoms with Gasteiger partial charge in [0, 0.05) is 4.88 Å². The van der Waals surface area contributed by atoms with Gasteiger partial charge < -0.3 is 0 Å². The number of halogens is 2. The fraction of sp³-hybridized carbons (Fsp3) is 0.750. The van der Waals surface area contributed by atoms with Crippen molar-refractivity contribution in [2.45, 2.75) is 50.8 Å². The van der Waals surface area contributed by atoms with E-state index < -0.39 is 0 Å². The molecule has 104 valence electrons. The van der Waals surface area contributed by atoms with E-state index in [9.17, 15) is 0 Å². The Morgan fingerprint density at radius 3 is 2.47 bits per heavy atom. The molecule has 4 aliphatic rings. The van der Waals surface area contributed by atoms with Crippen LogP contribution in [-0.2, 0) is 0 Å². The van der Waals surface area contributed by atoms with Crippen LogP contribution < -0.4 is 0 Å². The first kappa shape index (κ1) is 13.2. The van der Waals surface area contributed by atoms with E-state index in [0.29, 0.717) is 10.8 Å². The monoisotopic (exact) mass is 358 g/mol. The molecule has 3 unspecified atom stereocenters. The molecule has 0 N–H and O–H groups in total. The van der Waals surface area contributed by atoms with Crippen molar-refractivity contribution in [1.29, 1.82) is 0 Å². The Morgan fingerprint density at radius 1 is 1.26 bits per heavy atom. The lowest BCUT2D eigenvalue weighted by atomic mass is 9.44. The molecule has 0 amide bonds. The topological polar surface area (TPSA) is 0 Å². The lowest BCUT2D eigenvalue weighted by Crippen LogP contribution is -2.52. The first-order valence-corrected chi connectivity index (χ1v) is 9.42. The summed E-state index contributed by atoms with van der Waals surface area (Å²) in [5.41, 5.74) is 0.983. The van der Waals surface area contributed by atoms with Gasteiger partial charge in [0.15, 0.2) is 0 Å². The van der Waals surface area contributed by atoms with Gasteiger partial charge in [0.25, 0.3) is 0 Å². The molecule has 0 saturated heterocycles. The molecule has 0 aromatic carbocycles. The number of thiophene rings is 1. The molecular weight excluding hydrogens is 340 g/mol. The minimum atomic E-state index is 0.231. The van der Waals surface area contributed by atoms with Crippen LogP contribution in [0.5, 0.6) is 0 Å². The highest BCUT2D eigenvalue weighted by Gasteiger charge is 2.58. The zero-order chi connectivity index (χ0) is 13.3. The summed E-state index contributed by atoms with van der Waals surface area (Å²) in [7, 11) is 0. The lowest BCUT2D eigenvalue weighted by Gasteiger charge is -2.62. The average molecular weight is 360 g/mol. The summed E-state index contributed by atoms with van der Waals surface area (Å²) >= 11 is 12.4. The van der Waals surface area contributed by atoms with Gasteiger partial charge in [0.1, 0.15) is 0 Å². The van der Waals surface area contributed by atoms with Crippen LogP contribution in [0.3, 0.4) is 0 Å². The SMILES string of the molecule is CC12CC3CC(C1)CC(C(Cl)c1ccc(Br)s1)(C3)C2. The van der Waals surface area contributed by atoms with Crippen LogP contribution >= 0.6 is 38.9 Å². The van der Waals surface area contributed by atoms with Crippen LogP contribution in [-0.4, -0.2) is 0 Å². The van der Waals surface area contributed by atoms with E-state index in [4.69, 9.17) is 11.6 Å². The molecule has 1 aromatic rings. The Balaban J connectivity index is 1.70. The summed E-state index contributed by atoms with van der Waals surface area (Å²) in [6, 6.07) is 4.38. The summed E-state index contributed by atoms with van der Waals surface area (Å²) in [4.78, 5) is 1.37. The molecule has 3 heteroatoms. The predicted molar refractivity (Wildman–Crippen MR) is 85.8 cm³/mol. The molecule has 4 fully saturated rings. The smallest absolute Gasteiger partial charge is 0.0735 e. The highest BCUT2D eigenvalue weighted by molar-refractivity contribution is 9.11. The molecule has 0 radical (unpaired) electrons. The van der Waals surface area contributed by atoms with Crippen molar-refractivity contribution in [2.75, 3.05) is 0 Å². The third-order valence-corrected chi connectivity index (χ3v) is 8.30. The molecule has 3 atom stereocenters. The predicted octanol–water partition coefficient (Wildman–Crippen LogP) is 6.40. The molecule has 4 bridgehead atoms. The van der Waals surface area contributed by atoms with Gasteiger partial charge >= 0.3 is 0 Å². The van der Waals surface area contributed by atoms with E-state index in [0.717, 1.165) is 11.8 Å². The van der Waals surface area contributed by atoms with Crippen LogP contribution in [0.4, 0.5) is 0 Å². The maximum absolute atomic E-state index is 6.99. The van der Waals surface area contributed by atoms with Crippen molar-refractivity contribution in [3.8, 4) is 0 Å². The van der Waals surface area contributed by atoms with E-state index in [-0.39, 0.29) is 5.38 Å². The third kappa shape index (κ3) is 2.05. The van der Waals surface area contributed by atoms with Crippen LogP contribution in [0.2, 0.25) is 0 Å². The molecule has 0 nitrogen and oxygen atoms in total. The van der Waals surface area contributed by atoms with Gasteiger partial charge in [-0.1, -0.05) is 6.92 Å². The molecule has 4 aliphatic carbocycles. The first-order valence-electron chi connectivity index (χ1n) is 7.37. The second kappa shape index (κ2) is 4.24. The Labute approximate surface area is 133 Å². The van der Waals surface area contributed by atoms with E-state index in [1.54, 1.807) is 0 Å². The van der Waals surface area contributed by atoms with Crippen molar-refractivity contribution >= 4 is 38.9 Å². The normalized spacial score (nSPS) is 45.6. The Bertz CT molecular complexity index is 495. The largest absolute Gasteiger partial charge is 0.132 e. The molecule has 0 aliphatic heterocycles. The van der Waals surface area contributed by atoms with Gasteiger partial charge in [-0.25, -0.2) is 0 Å². The Hall–Kier alpha value is 0.470. The maximum Gasteiger partial charge on any atom is 0.0735 e. The summed E-state index contributed by atoms with van der Waals surface area (Å²) in [5.74, 6) is 1.91. The van der Waals surface area contributed by atoms with Crippen molar-refractivity contribution in [3.63, 3.8) is 0 Å². The van der Waals surface area contributed by atoms with Gasteiger partial charge in [-0.3, -0.25) is 0 Å². The summed E-state index contributed by atoms with van der Waals surface area (Å²) in [6.07, 6.45) is 8.52. The Kier molecular flexibility index (Phi) is 2.93. The van der Waals surface area contributed by atoms with Crippen molar-refractivity contribution in [1.82, 2.24) is 0 Å². The standard InChI is InChI=1S/C16H20BrClS/c1-15-5-10-4-11(6-15)8-16(7-10,9-15)14(18)12-2-3-13(17)19-12/h2-3,10-11,14H,4-9H2,1H3. The molecule has 0 spiro atoms. The summed E-state index contributed by atoms with van der Waals surface area (Å²) in [6.45, 7) is 2.52. The van der Waals surface area contributed by atoms with Gasteiger partial charge in [-0.05, 0) is 89.3 Å². The fourth-order valence-electron chi connectivity index (χ4n) is 5.86. The molecule has 5 rings (SSSR count). The lowest BCUT2D eigenvalue weighted by molar-refractivity contribution is -0.103. The molecule has 19 heavy (non-hydrogen) atoms. The van der Waals surface area contributed by atoms with Crippen LogP contribution in [0, 0.1) is 22.7 Å². The highest BCUT2D eigenvalue weighted by Crippen LogP contribution is 2.69. The maximum atomic E-state index is 6.99. The van der Waals surface area contributed by atoms with Gasteiger partial charge in [0.2, 0.25) is 0 Å². The molecule has 1 heterocycles. The zero-order valence-electron chi connectivity index (χ0n) is 11.3. The highest BCUT2D eigenvalue weighted by atomic mass is 79.9. The number of rotatable bonds is 2. The summed E-state index contributed by atoms with van der Waals surface area (Å²) < 4.78 is 1.21. The molecule has 4 saturated carbocycles. The first-order chi connectivity index (χ1) is 8.98. The van der Waals surface area contributed by atoms with Crippen molar-refractivity contribution in [3.05, 3.63) is 20.8 Å². The van der Waals surface area contributed by atoms with Crippen molar-refractivity contribution < 1.29 is 0 Å². The van der Waals surface area contributed by atoms with Crippen LogP contribution in [0.1, 0.15) is 55.7 Å². The van der Waals surface area contributed by atoms with E-state index >= 15 is 0 Å². The number of hydrogen-bond donors (Lipinski definition) is 0. The van der Waals surface area contributed by atoms with Crippen LogP contribution in [0.25, 0.3) is 0 Å². The summed E-state index contributed by atoms with van der Waals surface area (Å²) in [5, 5.41) is 0.231. The van der Waals surface area contributed by atoms with Gasteiger partial charge in [0.05, 0.1) is 9.16 Å². The quantitative estimate of drug-likeness (QED) is 0.536. The zero-order valence-corrected chi connectivity index (χ0v) is 14.5. The molecule has 1 aromatic heterocycles. The second-order valence-electron chi connectivity index (χ2n) is 7.64. The van der Waals surface area contributed by atoms with Gasteiger partial charge in [-0.2, -0.15) is 0 Å². The van der Waals surface area contributed by atoms with E-state index in [2.05, 4.69) is 35.0 Å². The average Bonchev–Trinajstić information content (AvgIpc) is 2.71. The number of hydrogen-bond acceptors (Lipinski definition) is 1. The van der Waals surface area contributed by atoms with Crippen molar-refractivity contribution in [2.24, 2.45) is 22.7 Å². The minimum Gasteiger partial charge on any atom is -0.132 e. The Morgan fingerprint density at radius 2 is 1.95 bits per heavy atom. The van der Waals surface area contributed by atoms with Gasteiger partial charge in [-0.15, -0.1) is 22.9 Å². The fourth-order valence-corrected chi connectivity index (χ4v) is 7.87. The third-order valence-electron chi connectivity index (χ3n) is 5.78. The molecular formula is C16H20BrClS. The van der Waals surface area contributed by atoms with Crippen LogP contribution in [0.15, 0.2) is 15.9 Å².